The molecule has 0 aromatic heterocycles. The fourth-order valence-corrected chi connectivity index (χ4v) is 2.69. The Morgan fingerprint density at radius 3 is 2.37 bits per heavy atom. The van der Waals surface area contributed by atoms with E-state index in [4.69, 9.17) is 9.47 Å². The number of guanidine groups is 1. The van der Waals surface area contributed by atoms with Crippen LogP contribution in [0.25, 0.3) is 0 Å². The quantitative estimate of drug-likeness (QED) is 0.491. The molecule has 0 spiro atoms. The summed E-state index contributed by atoms with van der Waals surface area (Å²) < 4.78 is 10.5. The maximum absolute atomic E-state index is 10.5. The van der Waals surface area contributed by atoms with Gasteiger partial charge in [0.1, 0.15) is 0 Å². The lowest BCUT2D eigenvalue weighted by atomic mass is 10.1. The van der Waals surface area contributed by atoms with Gasteiger partial charge in [-0.15, -0.1) is 0 Å². The van der Waals surface area contributed by atoms with Crippen LogP contribution < -0.4 is 20.1 Å². The van der Waals surface area contributed by atoms with Crippen molar-refractivity contribution in [1.82, 2.24) is 10.6 Å². The van der Waals surface area contributed by atoms with Crippen LogP contribution in [0.5, 0.6) is 11.5 Å². The van der Waals surface area contributed by atoms with Gasteiger partial charge in [0.25, 0.3) is 0 Å². The molecule has 6 heteroatoms. The predicted molar refractivity (Wildman–Crippen MR) is 108 cm³/mol. The monoisotopic (exact) mass is 371 g/mol. The summed E-state index contributed by atoms with van der Waals surface area (Å²) in [6.45, 7) is 5.05. The van der Waals surface area contributed by atoms with Crippen molar-refractivity contribution in [3.63, 3.8) is 0 Å². The molecule has 146 valence electrons. The van der Waals surface area contributed by atoms with E-state index in [9.17, 15) is 5.11 Å². The van der Waals surface area contributed by atoms with Crippen LogP contribution in [0, 0.1) is 0 Å². The zero-order chi connectivity index (χ0) is 19.6. The lowest BCUT2D eigenvalue weighted by Gasteiger charge is -2.19. The number of hydrogen-bond donors (Lipinski definition) is 3. The second-order valence-corrected chi connectivity index (χ2v) is 6.13. The van der Waals surface area contributed by atoms with Gasteiger partial charge in [-0.2, -0.15) is 0 Å². The molecule has 0 amide bonds. The average Bonchev–Trinajstić information content (AvgIpc) is 2.71. The average molecular weight is 371 g/mol. The van der Waals surface area contributed by atoms with Gasteiger partial charge in [0.15, 0.2) is 17.5 Å². The van der Waals surface area contributed by atoms with E-state index in [0.29, 0.717) is 17.5 Å². The van der Waals surface area contributed by atoms with E-state index < -0.39 is 6.10 Å². The Bertz CT molecular complexity index is 735. The van der Waals surface area contributed by atoms with Crippen LogP contribution in [0.4, 0.5) is 0 Å². The summed E-state index contributed by atoms with van der Waals surface area (Å²) >= 11 is 0. The molecule has 0 radical (unpaired) electrons. The number of nitrogens with one attached hydrogen (secondary N) is 2. The number of aliphatic hydroxyl groups is 1. The summed E-state index contributed by atoms with van der Waals surface area (Å²) in [7, 11) is 3.16. The highest BCUT2D eigenvalue weighted by Crippen LogP contribution is 2.30. The van der Waals surface area contributed by atoms with E-state index in [1.807, 2.05) is 31.2 Å². The molecule has 2 aromatic carbocycles. The Kier molecular flexibility index (Phi) is 7.95. The summed E-state index contributed by atoms with van der Waals surface area (Å²) in [6, 6.07) is 15.6. The molecular weight excluding hydrogens is 342 g/mol. The highest BCUT2D eigenvalue weighted by atomic mass is 16.5. The summed E-state index contributed by atoms with van der Waals surface area (Å²) in [6.07, 6.45) is -0.743. The maximum Gasteiger partial charge on any atom is 0.191 e. The van der Waals surface area contributed by atoms with E-state index >= 15 is 0 Å². The van der Waals surface area contributed by atoms with Gasteiger partial charge in [0, 0.05) is 6.54 Å². The minimum absolute atomic E-state index is 0.0993. The van der Waals surface area contributed by atoms with Gasteiger partial charge in [-0.25, -0.2) is 0 Å². The maximum atomic E-state index is 10.5. The van der Waals surface area contributed by atoms with Gasteiger partial charge >= 0.3 is 0 Å². The summed E-state index contributed by atoms with van der Waals surface area (Å²) in [4.78, 5) is 4.53. The lowest BCUT2D eigenvalue weighted by Crippen LogP contribution is -2.39. The molecule has 2 aromatic rings. The van der Waals surface area contributed by atoms with Crippen LogP contribution in [0.1, 0.15) is 37.1 Å². The highest BCUT2D eigenvalue weighted by molar-refractivity contribution is 5.80. The molecular formula is C21H29N3O3. The highest BCUT2D eigenvalue weighted by Gasteiger charge is 2.13. The number of ether oxygens (including phenoxy) is 2. The molecule has 2 atom stereocenters. The number of aliphatic imine (C=N–C) groups is 1. The Morgan fingerprint density at radius 2 is 1.74 bits per heavy atom. The third kappa shape index (κ3) is 5.89. The zero-order valence-electron chi connectivity index (χ0n) is 16.4. The van der Waals surface area contributed by atoms with Gasteiger partial charge in [-0.3, -0.25) is 4.99 Å². The zero-order valence-corrected chi connectivity index (χ0v) is 16.4. The Hall–Kier alpha value is -2.73. The Labute approximate surface area is 161 Å². The van der Waals surface area contributed by atoms with Crippen molar-refractivity contribution in [2.24, 2.45) is 4.99 Å². The molecule has 0 bridgehead atoms. The minimum atomic E-state index is -0.743. The van der Waals surface area contributed by atoms with Crippen LogP contribution in [0.15, 0.2) is 53.5 Å². The van der Waals surface area contributed by atoms with Gasteiger partial charge in [-0.05, 0) is 37.1 Å². The van der Waals surface area contributed by atoms with Crippen molar-refractivity contribution in [3.8, 4) is 11.5 Å². The van der Waals surface area contributed by atoms with Crippen LogP contribution in [0.2, 0.25) is 0 Å². The molecule has 0 aliphatic rings. The molecule has 3 N–H and O–H groups in total. The molecule has 2 rings (SSSR count). The molecule has 2 unspecified atom stereocenters. The first-order chi connectivity index (χ1) is 13.1. The van der Waals surface area contributed by atoms with Crippen molar-refractivity contribution in [2.45, 2.75) is 26.0 Å². The van der Waals surface area contributed by atoms with Crippen LogP contribution in [-0.2, 0) is 0 Å². The molecule has 0 saturated carbocycles. The molecule has 0 saturated heterocycles. The largest absolute Gasteiger partial charge is 0.493 e. The number of nitrogens with zero attached hydrogens (tertiary/aromatic N) is 1. The Morgan fingerprint density at radius 1 is 1.04 bits per heavy atom. The number of rotatable bonds is 8. The van der Waals surface area contributed by atoms with Gasteiger partial charge in [-0.1, -0.05) is 36.4 Å². The molecule has 0 aliphatic carbocycles. The van der Waals surface area contributed by atoms with Crippen LogP contribution >= 0.6 is 0 Å². The molecule has 6 nitrogen and oxygen atoms in total. The second-order valence-electron chi connectivity index (χ2n) is 6.13. The van der Waals surface area contributed by atoms with Crippen LogP contribution in [-0.4, -0.2) is 38.4 Å². The van der Waals surface area contributed by atoms with Crippen molar-refractivity contribution in [2.75, 3.05) is 27.3 Å². The summed E-state index contributed by atoms with van der Waals surface area (Å²) in [5, 5.41) is 17.1. The van der Waals surface area contributed by atoms with E-state index in [-0.39, 0.29) is 12.6 Å². The van der Waals surface area contributed by atoms with Gasteiger partial charge in [0.05, 0.1) is 32.9 Å². The summed E-state index contributed by atoms with van der Waals surface area (Å²) in [5.74, 6) is 1.87. The topological polar surface area (TPSA) is 75.1 Å². The van der Waals surface area contributed by atoms with Gasteiger partial charge in [0.2, 0.25) is 0 Å². The molecule has 0 fully saturated rings. The van der Waals surface area contributed by atoms with Gasteiger partial charge < -0.3 is 25.2 Å². The van der Waals surface area contributed by atoms with Crippen LogP contribution in [0.3, 0.4) is 0 Å². The predicted octanol–water partition coefficient (Wildman–Crippen LogP) is 3.05. The fourth-order valence-electron chi connectivity index (χ4n) is 2.69. The SMILES string of the molecule is CCNC(=NCC(O)c1ccc(OC)c(OC)c1)NC(C)c1ccccc1. The molecule has 0 aliphatic heterocycles. The van der Waals surface area contributed by atoms with E-state index in [1.165, 1.54) is 5.56 Å². The Balaban J connectivity index is 2.07. The van der Waals surface area contributed by atoms with Crippen molar-refractivity contribution in [3.05, 3.63) is 59.7 Å². The lowest BCUT2D eigenvalue weighted by molar-refractivity contribution is 0.186. The summed E-state index contributed by atoms with van der Waals surface area (Å²) in [5.41, 5.74) is 1.90. The second kappa shape index (κ2) is 10.4. The van der Waals surface area contributed by atoms with E-state index in [1.54, 1.807) is 26.4 Å². The third-order valence-electron chi connectivity index (χ3n) is 4.21. The number of methoxy groups -OCH3 is 2. The molecule has 0 heterocycles. The van der Waals surface area contributed by atoms with Crippen molar-refractivity contribution in [1.29, 1.82) is 0 Å². The first-order valence-electron chi connectivity index (χ1n) is 9.08. The van der Waals surface area contributed by atoms with Crippen molar-refractivity contribution >= 4 is 5.96 Å². The first-order valence-corrected chi connectivity index (χ1v) is 9.08. The van der Waals surface area contributed by atoms with Crippen molar-refractivity contribution < 1.29 is 14.6 Å². The normalized spacial score (nSPS) is 13.6. The minimum Gasteiger partial charge on any atom is -0.493 e. The molecule has 27 heavy (non-hydrogen) atoms. The number of aliphatic hydroxyl groups excluding tert-OH is 1. The first kappa shape index (κ1) is 20.6. The fraction of sp³-hybridized carbons (Fsp3) is 0.381. The third-order valence-corrected chi connectivity index (χ3v) is 4.21. The number of hydrogen-bond acceptors (Lipinski definition) is 4. The van der Waals surface area contributed by atoms with E-state index in [0.717, 1.165) is 12.1 Å². The number of benzene rings is 2. The standard InChI is InChI=1S/C21H29N3O3/c1-5-22-21(24-15(2)16-9-7-6-8-10-16)23-14-18(25)17-11-12-19(26-3)20(13-17)27-4/h6-13,15,18,25H,5,14H2,1-4H3,(H2,22,23,24). The van der Waals surface area contributed by atoms with E-state index in [2.05, 4.69) is 34.7 Å². The smallest absolute Gasteiger partial charge is 0.191 e.